The van der Waals surface area contributed by atoms with E-state index in [9.17, 15) is 4.79 Å². The molecule has 24 heavy (non-hydrogen) atoms. The summed E-state index contributed by atoms with van der Waals surface area (Å²) in [5.41, 5.74) is 1.62. The van der Waals surface area contributed by atoms with Crippen molar-refractivity contribution in [1.82, 2.24) is 4.98 Å². The Kier molecular flexibility index (Phi) is 3.75. The van der Waals surface area contributed by atoms with Crippen molar-refractivity contribution in [2.75, 3.05) is 11.4 Å². The van der Waals surface area contributed by atoms with Crippen LogP contribution in [0.3, 0.4) is 0 Å². The van der Waals surface area contributed by atoms with Crippen LogP contribution in [-0.4, -0.2) is 17.4 Å². The van der Waals surface area contributed by atoms with Gasteiger partial charge in [-0.15, -0.1) is 0 Å². The summed E-state index contributed by atoms with van der Waals surface area (Å²) in [4.78, 5) is 19.4. The van der Waals surface area contributed by atoms with Crippen molar-refractivity contribution < 1.29 is 4.79 Å². The molecule has 3 nitrogen and oxygen atoms in total. The molecule has 0 atom stereocenters. The minimum Gasteiger partial charge on any atom is -0.284 e. The quantitative estimate of drug-likeness (QED) is 0.522. The topological polar surface area (TPSA) is 33.2 Å². The molecule has 3 aromatic carbocycles. The highest BCUT2D eigenvalue weighted by Crippen LogP contribution is 2.29. The van der Waals surface area contributed by atoms with Gasteiger partial charge in [-0.1, -0.05) is 53.8 Å². The maximum absolute atomic E-state index is 13.0. The number of anilines is 1. The van der Waals surface area contributed by atoms with Crippen LogP contribution in [0, 0.1) is 0 Å². The predicted molar refractivity (Wildman–Crippen MR) is 101 cm³/mol. The number of hydrogen-bond donors (Lipinski definition) is 0. The Morgan fingerprint density at radius 2 is 1.75 bits per heavy atom. The Morgan fingerprint density at radius 1 is 1.00 bits per heavy atom. The molecule has 1 aromatic heterocycles. The van der Waals surface area contributed by atoms with Gasteiger partial charge in [-0.3, -0.25) is 9.69 Å². The number of thiazole rings is 1. The number of para-hydroxylation sites is 1. The number of hydrogen-bond acceptors (Lipinski definition) is 3. The Bertz CT molecular complexity index is 1000. The lowest BCUT2D eigenvalue weighted by Crippen LogP contribution is -2.30. The lowest BCUT2D eigenvalue weighted by Gasteiger charge is -2.18. The highest BCUT2D eigenvalue weighted by molar-refractivity contribution is 7.22. The molecule has 0 saturated carbocycles. The van der Waals surface area contributed by atoms with Gasteiger partial charge in [0.2, 0.25) is 0 Å². The first-order valence-electron chi connectivity index (χ1n) is 7.92. The van der Waals surface area contributed by atoms with Crippen LogP contribution in [0.15, 0.2) is 66.7 Å². The van der Waals surface area contributed by atoms with Crippen LogP contribution in [0.25, 0.3) is 21.0 Å². The average Bonchev–Trinajstić information content (AvgIpc) is 3.05. The molecule has 0 aliphatic carbocycles. The van der Waals surface area contributed by atoms with Gasteiger partial charge in [-0.05, 0) is 42.0 Å². The molecule has 4 rings (SSSR count). The Labute approximate surface area is 144 Å². The molecule has 0 N–H and O–H groups in total. The summed E-state index contributed by atoms with van der Waals surface area (Å²) in [6.07, 6.45) is 0. The van der Waals surface area contributed by atoms with E-state index in [1.165, 1.54) is 0 Å². The smallest absolute Gasteiger partial charge is 0.260 e. The zero-order valence-corrected chi connectivity index (χ0v) is 14.1. The van der Waals surface area contributed by atoms with Crippen molar-refractivity contribution >= 4 is 43.4 Å². The van der Waals surface area contributed by atoms with Gasteiger partial charge in [-0.2, -0.15) is 0 Å². The van der Waals surface area contributed by atoms with Crippen LogP contribution in [0.5, 0.6) is 0 Å². The van der Waals surface area contributed by atoms with Crippen molar-refractivity contribution in [2.45, 2.75) is 6.92 Å². The summed E-state index contributed by atoms with van der Waals surface area (Å²) in [7, 11) is 0. The molecule has 1 heterocycles. The van der Waals surface area contributed by atoms with E-state index in [2.05, 4.69) is 11.1 Å². The number of fused-ring (bicyclic) bond motifs is 2. The number of rotatable bonds is 3. The lowest BCUT2D eigenvalue weighted by atomic mass is 10.1. The molecule has 4 heteroatoms. The van der Waals surface area contributed by atoms with E-state index in [4.69, 9.17) is 0 Å². The second-order valence-corrected chi connectivity index (χ2v) is 6.58. The van der Waals surface area contributed by atoms with Crippen molar-refractivity contribution in [1.29, 1.82) is 0 Å². The van der Waals surface area contributed by atoms with Crippen molar-refractivity contribution in [3.05, 3.63) is 72.3 Å². The van der Waals surface area contributed by atoms with Gasteiger partial charge in [0.1, 0.15) is 0 Å². The first-order chi connectivity index (χ1) is 11.8. The van der Waals surface area contributed by atoms with E-state index in [1.807, 2.05) is 67.6 Å². The van der Waals surface area contributed by atoms with Crippen LogP contribution in [-0.2, 0) is 0 Å². The van der Waals surface area contributed by atoms with E-state index in [0.29, 0.717) is 12.1 Å². The first kappa shape index (κ1) is 14.8. The van der Waals surface area contributed by atoms with Crippen molar-refractivity contribution in [2.24, 2.45) is 0 Å². The van der Waals surface area contributed by atoms with Crippen LogP contribution in [0.4, 0.5) is 5.13 Å². The molecule has 0 aliphatic heterocycles. The maximum atomic E-state index is 13.0. The number of carbonyl (C=O) groups excluding carboxylic acids is 1. The fraction of sp³-hybridized carbons (Fsp3) is 0.100. The summed E-state index contributed by atoms with van der Waals surface area (Å²) < 4.78 is 1.09. The fourth-order valence-electron chi connectivity index (χ4n) is 2.82. The number of nitrogens with zero attached hydrogens (tertiary/aromatic N) is 2. The Hall–Kier alpha value is -2.72. The molecule has 0 unspecified atom stereocenters. The number of benzene rings is 3. The minimum atomic E-state index is -0.0118. The molecular weight excluding hydrogens is 316 g/mol. The summed E-state index contributed by atoms with van der Waals surface area (Å²) in [5.74, 6) is -0.0118. The third kappa shape index (κ3) is 2.55. The summed E-state index contributed by atoms with van der Waals surface area (Å²) >= 11 is 1.55. The fourth-order valence-corrected chi connectivity index (χ4v) is 3.85. The van der Waals surface area contributed by atoms with Gasteiger partial charge < -0.3 is 0 Å². The van der Waals surface area contributed by atoms with Gasteiger partial charge >= 0.3 is 0 Å². The minimum absolute atomic E-state index is 0.0118. The van der Waals surface area contributed by atoms with E-state index in [0.717, 1.165) is 26.1 Å². The van der Waals surface area contributed by atoms with Gasteiger partial charge in [0, 0.05) is 12.1 Å². The van der Waals surface area contributed by atoms with E-state index in [1.54, 1.807) is 16.2 Å². The first-order valence-corrected chi connectivity index (χ1v) is 8.74. The van der Waals surface area contributed by atoms with E-state index < -0.39 is 0 Å². The van der Waals surface area contributed by atoms with Crippen LogP contribution in [0.2, 0.25) is 0 Å². The summed E-state index contributed by atoms with van der Waals surface area (Å²) in [5, 5.41) is 2.96. The lowest BCUT2D eigenvalue weighted by molar-refractivity contribution is 0.0988. The number of aromatic nitrogens is 1. The molecule has 0 bridgehead atoms. The second kappa shape index (κ2) is 6.06. The highest BCUT2D eigenvalue weighted by Gasteiger charge is 2.19. The predicted octanol–water partition coefficient (Wildman–Crippen LogP) is 5.12. The van der Waals surface area contributed by atoms with Crippen LogP contribution >= 0.6 is 11.3 Å². The molecule has 118 valence electrons. The standard InChI is InChI=1S/C20H16N2OS/c1-2-22(20-21-17-9-5-6-10-18(17)24-20)19(23)16-12-11-14-7-3-4-8-15(14)13-16/h3-13H,2H2,1H3. The second-order valence-electron chi connectivity index (χ2n) is 5.58. The van der Waals surface area contributed by atoms with E-state index >= 15 is 0 Å². The Balaban J connectivity index is 1.74. The van der Waals surface area contributed by atoms with Crippen LogP contribution in [0.1, 0.15) is 17.3 Å². The average molecular weight is 332 g/mol. The number of amides is 1. The largest absolute Gasteiger partial charge is 0.284 e. The third-order valence-electron chi connectivity index (χ3n) is 4.07. The number of carbonyl (C=O) groups is 1. The molecule has 1 amide bonds. The van der Waals surface area contributed by atoms with Crippen molar-refractivity contribution in [3.63, 3.8) is 0 Å². The van der Waals surface area contributed by atoms with Gasteiger partial charge in [0.25, 0.3) is 5.91 Å². The summed E-state index contributed by atoms with van der Waals surface area (Å²) in [6.45, 7) is 2.57. The highest BCUT2D eigenvalue weighted by atomic mass is 32.1. The zero-order chi connectivity index (χ0) is 16.5. The zero-order valence-electron chi connectivity index (χ0n) is 13.3. The molecule has 0 radical (unpaired) electrons. The van der Waals surface area contributed by atoms with Gasteiger partial charge in [0.05, 0.1) is 10.2 Å². The summed E-state index contributed by atoms with van der Waals surface area (Å²) in [6, 6.07) is 21.9. The molecule has 4 aromatic rings. The Morgan fingerprint density at radius 3 is 2.54 bits per heavy atom. The molecule has 0 aliphatic rings. The monoisotopic (exact) mass is 332 g/mol. The van der Waals surface area contributed by atoms with E-state index in [-0.39, 0.29) is 5.91 Å². The molecule has 0 spiro atoms. The molecule has 0 fully saturated rings. The molecular formula is C20H16N2OS. The van der Waals surface area contributed by atoms with Crippen LogP contribution < -0.4 is 4.90 Å². The van der Waals surface area contributed by atoms with Crippen molar-refractivity contribution in [3.8, 4) is 0 Å². The molecule has 0 saturated heterocycles. The normalized spacial score (nSPS) is 11.0. The SMILES string of the molecule is CCN(C(=O)c1ccc2ccccc2c1)c1nc2ccccc2s1. The van der Waals surface area contributed by atoms with Gasteiger partial charge in [0.15, 0.2) is 5.13 Å². The third-order valence-corrected chi connectivity index (χ3v) is 5.13. The maximum Gasteiger partial charge on any atom is 0.260 e. The van der Waals surface area contributed by atoms with Gasteiger partial charge in [-0.25, -0.2) is 4.98 Å².